The number of rotatable bonds is 1. The SMILES string of the molecule is Nc1cn[nH]c1C(=O)N1CCCc2ccccc2C1. The first-order valence-electron chi connectivity index (χ1n) is 6.40. The largest absolute Gasteiger partial charge is 0.396 e. The Hall–Kier alpha value is -2.30. The van der Waals surface area contributed by atoms with Crippen LogP contribution in [-0.4, -0.2) is 27.5 Å². The van der Waals surface area contributed by atoms with Crippen molar-refractivity contribution < 1.29 is 4.79 Å². The number of nitrogens with two attached hydrogens (primary N) is 1. The number of nitrogen functional groups attached to an aromatic ring is 1. The summed E-state index contributed by atoms with van der Waals surface area (Å²) in [4.78, 5) is 14.2. The van der Waals surface area contributed by atoms with Gasteiger partial charge >= 0.3 is 0 Å². The predicted molar refractivity (Wildman–Crippen MR) is 72.5 cm³/mol. The van der Waals surface area contributed by atoms with Crippen LogP contribution in [0.1, 0.15) is 28.0 Å². The van der Waals surface area contributed by atoms with Gasteiger partial charge in [-0.1, -0.05) is 24.3 Å². The second kappa shape index (κ2) is 4.76. The summed E-state index contributed by atoms with van der Waals surface area (Å²) in [6.07, 6.45) is 3.45. The van der Waals surface area contributed by atoms with E-state index in [1.165, 1.54) is 17.3 Å². The van der Waals surface area contributed by atoms with Crippen LogP contribution in [0.15, 0.2) is 30.5 Å². The summed E-state index contributed by atoms with van der Waals surface area (Å²) < 4.78 is 0. The molecule has 98 valence electrons. The molecule has 0 radical (unpaired) electrons. The van der Waals surface area contributed by atoms with Crippen LogP contribution in [0.5, 0.6) is 0 Å². The second-order valence-electron chi connectivity index (χ2n) is 4.80. The number of aryl methyl sites for hydroxylation is 1. The van der Waals surface area contributed by atoms with Crippen LogP contribution >= 0.6 is 0 Å². The fraction of sp³-hybridized carbons (Fsp3) is 0.286. The Balaban J connectivity index is 1.87. The van der Waals surface area contributed by atoms with Crippen LogP contribution < -0.4 is 5.73 Å². The highest BCUT2D eigenvalue weighted by atomic mass is 16.2. The van der Waals surface area contributed by atoms with Gasteiger partial charge in [0.25, 0.3) is 5.91 Å². The number of benzene rings is 1. The minimum Gasteiger partial charge on any atom is -0.396 e. The van der Waals surface area contributed by atoms with Gasteiger partial charge in [-0.2, -0.15) is 5.10 Å². The molecule has 3 rings (SSSR count). The number of amides is 1. The molecular weight excluding hydrogens is 240 g/mol. The van der Waals surface area contributed by atoms with E-state index in [2.05, 4.69) is 22.3 Å². The third-order valence-corrected chi connectivity index (χ3v) is 3.52. The van der Waals surface area contributed by atoms with Crippen molar-refractivity contribution in [1.29, 1.82) is 0 Å². The van der Waals surface area contributed by atoms with E-state index in [1.54, 1.807) is 0 Å². The number of aromatic nitrogens is 2. The highest BCUT2D eigenvalue weighted by molar-refractivity contribution is 5.97. The third-order valence-electron chi connectivity index (χ3n) is 3.52. The van der Waals surface area contributed by atoms with Crippen molar-refractivity contribution >= 4 is 11.6 Å². The number of aromatic amines is 1. The van der Waals surface area contributed by atoms with Gasteiger partial charge in [-0.3, -0.25) is 9.89 Å². The normalized spacial score (nSPS) is 14.8. The van der Waals surface area contributed by atoms with Crippen molar-refractivity contribution in [3.8, 4) is 0 Å². The molecule has 0 aliphatic carbocycles. The minimum absolute atomic E-state index is 0.0771. The first kappa shape index (κ1) is 11.8. The molecule has 0 saturated heterocycles. The molecule has 19 heavy (non-hydrogen) atoms. The summed E-state index contributed by atoms with van der Waals surface area (Å²) >= 11 is 0. The van der Waals surface area contributed by atoms with Gasteiger partial charge < -0.3 is 10.6 Å². The van der Waals surface area contributed by atoms with E-state index in [9.17, 15) is 4.79 Å². The van der Waals surface area contributed by atoms with Gasteiger partial charge in [0.05, 0.1) is 11.9 Å². The zero-order valence-electron chi connectivity index (χ0n) is 10.6. The van der Waals surface area contributed by atoms with E-state index in [0.29, 0.717) is 17.9 Å². The number of nitrogens with one attached hydrogen (secondary N) is 1. The van der Waals surface area contributed by atoms with Gasteiger partial charge in [0.2, 0.25) is 0 Å². The third kappa shape index (κ3) is 2.19. The number of hydrogen-bond donors (Lipinski definition) is 2. The molecule has 5 nitrogen and oxygen atoms in total. The summed E-state index contributed by atoms with van der Waals surface area (Å²) in [5, 5.41) is 6.49. The number of H-pyrrole nitrogens is 1. The van der Waals surface area contributed by atoms with Gasteiger partial charge in [0.1, 0.15) is 5.69 Å². The first-order valence-corrected chi connectivity index (χ1v) is 6.40. The Bertz CT molecular complexity index is 605. The molecule has 0 unspecified atom stereocenters. The highest BCUT2D eigenvalue weighted by Gasteiger charge is 2.22. The number of carbonyl (C=O) groups excluding carboxylic acids is 1. The lowest BCUT2D eigenvalue weighted by molar-refractivity contribution is 0.0741. The van der Waals surface area contributed by atoms with Crippen LogP contribution in [0.2, 0.25) is 0 Å². The van der Waals surface area contributed by atoms with Crippen LogP contribution in [0.25, 0.3) is 0 Å². The molecule has 0 saturated carbocycles. The molecule has 0 spiro atoms. The standard InChI is InChI=1S/C14H16N4O/c15-12-8-16-17-13(12)14(19)18-7-3-6-10-4-1-2-5-11(10)9-18/h1-2,4-5,8H,3,6-7,9,15H2,(H,16,17). The Morgan fingerprint density at radius 2 is 2.11 bits per heavy atom. The number of hydrogen-bond acceptors (Lipinski definition) is 3. The summed E-state index contributed by atoms with van der Waals surface area (Å²) in [6, 6.07) is 8.27. The molecule has 1 aliphatic rings. The molecule has 1 amide bonds. The van der Waals surface area contributed by atoms with Crippen LogP contribution in [0.3, 0.4) is 0 Å². The Kier molecular flexibility index (Phi) is 2.95. The maximum Gasteiger partial charge on any atom is 0.274 e. The van der Waals surface area contributed by atoms with Crippen molar-refractivity contribution in [2.24, 2.45) is 0 Å². The van der Waals surface area contributed by atoms with Crippen molar-refractivity contribution in [3.05, 3.63) is 47.3 Å². The molecular formula is C14H16N4O. The van der Waals surface area contributed by atoms with Crippen LogP contribution in [0.4, 0.5) is 5.69 Å². The Morgan fingerprint density at radius 3 is 2.84 bits per heavy atom. The van der Waals surface area contributed by atoms with Gasteiger partial charge in [-0.15, -0.1) is 0 Å². The van der Waals surface area contributed by atoms with Gasteiger partial charge in [-0.05, 0) is 24.0 Å². The molecule has 1 aromatic heterocycles. The van der Waals surface area contributed by atoms with E-state index in [1.807, 2.05) is 17.0 Å². The van der Waals surface area contributed by atoms with E-state index in [4.69, 9.17) is 5.73 Å². The average Bonchev–Trinajstić information content (AvgIpc) is 2.73. The zero-order chi connectivity index (χ0) is 13.2. The highest BCUT2D eigenvalue weighted by Crippen LogP contribution is 2.20. The number of nitrogens with zero attached hydrogens (tertiary/aromatic N) is 2. The van der Waals surface area contributed by atoms with Crippen molar-refractivity contribution in [2.45, 2.75) is 19.4 Å². The fourth-order valence-corrected chi connectivity index (χ4v) is 2.50. The summed E-state index contributed by atoms with van der Waals surface area (Å²) in [7, 11) is 0. The maximum absolute atomic E-state index is 12.4. The molecule has 1 aromatic carbocycles. The lowest BCUT2D eigenvalue weighted by Gasteiger charge is -2.20. The molecule has 0 fully saturated rings. The molecule has 0 bridgehead atoms. The van der Waals surface area contributed by atoms with Crippen molar-refractivity contribution in [2.75, 3.05) is 12.3 Å². The lowest BCUT2D eigenvalue weighted by Crippen LogP contribution is -2.31. The Morgan fingerprint density at radius 1 is 1.32 bits per heavy atom. The minimum atomic E-state index is -0.0771. The predicted octanol–water partition coefficient (Wildman–Crippen LogP) is 1.58. The Labute approximate surface area is 111 Å². The van der Waals surface area contributed by atoms with E-state index in [0.717, 1.165) is 19.4 Å². The summed E-state index contributed by atoms with van der Waals surface area (Å²) in [5.41, 5.74) is 9.08. The average molecular weight is 256 g/mol. The van der Waals surface area contributed by atoms with E-state index in [-0.39, 0.29) is 5.91 Å². The van der Waals surface area contributed by atoms with Crippen LogP contribution in [-0.2, 0) is 13.0 Å². The van der Waals surface area contributed by atoms with E-state index >= 15 is 0 Å². The van der Waals surface area contributed by atoms with Crippen molar-refractivity contribution in [3.63, 3.8) is 0 Å². The second-order valence-corrected chi connectivity index (χ2v) is 4.80. The van der Waals surface area contributed by atoms with Crippen molar-refractivity contribution in [1.82, 2.24) is 15.1 Å². The van der Waals surface area contributed by atoms with E-state index < -0.39 is 0 Å². The molecule has 0 atom stereocenters. The smallest absolute Gasteiger partial charge is 0.274 e. The zero-order valence-corrected chi connectivity index (χ0v) is 10.6. The number of carbonyl (C=O) groups is 1. The fourth-order valence-electron chi connectivity index (χ4n) is 2.50. The first-order chi connectivity index (χ1) is 9.25. The lowest BCUT2D eigenvalue weighted by atomic mass is 10.0. The quantitative estimate of drug-likeness (QED) is 0.813. The molecule has 1 aliphatic heterocycles. The molecule has 5 heteroatoms. The molecule has 2 aromatic rings. The summed E-state index contributed by atoms with van der Waals surface area (Å²) in [5.74, 6) is -0.0771. The maximum atomic E-state index is 12.4. The van der Waals surface area contributed by atoms with Gasteiger partial charge in [0.15, 0.2) is 0 Å². The molecule has 2 heterocycles. The van der Waals surface area contributed by atoms with Crippen LogP contribution in [0, 0.1) is 0 Å². The monoisotopic (exact) mass is 256 g/mol. The summed E-state index contributed by atoms with van der Waals surface area (Å²) in [6.45, 7) is 1.37. The van der Waals surface area contributed by atoms with Gasteiger partial charge in [0, 0.05) is 13.1 Å². The number of fused-ring (bicyclic) bond motifs is 1. The van der Waals surface area contributed by atoms with Gasteiger partial charge in [-0.25, -0.2) is 0 Å². The topological polar surface area (TPSA) is 75.0 Å². The number of anilines is 1. The molecule has 3 N–H and O–H groups in total.